The summed E-state index contributed by atoms with van der Waals surface area (Å²) in [6.07, 6.45) is 1.57. The maximum atomic E-state index is 12.0. The average Bonchev–Trinajstić information content (AvgIpc) is 2.57. The van der Waals surface area contributed by atoms with Crippen molar-refractivity contribution in [3.05, 3.63) is 64.1 Å². The summed E-state index contributed by atoms with van der Waals surface area (Å²) in [5.41, 5.74) is 4.47. The van der Waals surface area contributed by atoms with Crippen molar-refractivity contribution in [3.63, 3.8) is 0 Å². The minimum absolute atomic E-state index is 0.0636. The number of hydrogen-bond donors (Lipinski definition) is 2. The first-order chi connectivity index (χ1) is 11.5. The van der Waals surface area contributed by atoms with Crippen LogP contribution >= 0.6 is 15.9 Å². The van der Waals surface area contributed by atoms with Gasteiger partial charge in [-0.05, 0) is 42.0 Å². The molecule has 24 heavy (non-hydrogen) atoms. The van der Waals surface area contributed by atoms with E-state index in [0.717, 1.165) is 10.0 Å². The van der Waals surface area contributed by atoms with Gasteiger partial charge >= 0.3 is 0 Å². The summed E-state index contributed by atoms with van der Waals surface area (Å²) >= 11 is 3.36. The molecule has 5 nitrogen and oxygen atoms in total. The third-order valence-electron chi connectivity index (χ3n) is 3.19. The second kappa shape index (κ2) is 8.40. The molecule has 0 saturated heterocycles. The van der Waals surface area contributed by atoms with Crippen molar-refractivity contribution in [2.75, 3.05) is 5.32 Å². The highest BCUT2D eigenvalue weighted by Crippen LogP contribution is 2.11. The SMILES string of the molecule is CC(C)C(=O)Nc1ccc(C(=O)N/N=C\c2ccc(Br)cc2)cc1. The molecule has 0 radical (unpaired) electrons. The highest BCUT2D eigenvalue weighted by molar-refractivity contribution is 9.10. The van der Waals surface area contributed by atoms with Crippen molar-refractivity contribution in [3.8, 4) is 0 Å². The zero-order chi connectivity index (χ0) is 17.5. The van der Waals surface area contributed by atoms with Crippen LogP contribution in [0.25, 0.3) is 0 Å². The number of nitrogens with one attached hydrogen (secondary N) is 2. The van der Waals surface area contributed by atoms with E-state index >= 15 is 0 Å². The summed E-state index contributed by atoms with van der Waals surface area (Å²) < 4.78 is 0.980. The summed E-state index contributed by atoms with van der Waals surface area (Å²) in [5, 5.41) is 6.70. The molecule has 0 spiro atoms. The van der Waals surface area contributed by atoms with E-state index in [0.29, 0.717) is 11.3 Å². The van der Waals surface area contributed by atoms with E-state index in [1.54, 1.807) is 30.5 Å². The van der Waals surface area contributed by atoms with E-state index in [2.05, 4.69) is 31.8 Å². The standard InChI is InChI=1S/C18H18BrN3O2/c1-12(2)17(23)21-16-9-5-14(6-10-16)18(24)22-20-11-13-3-7-15(19)8-4-13/h3-12H,1-2H3,(H,21,23)(H,22,24)/b20-11-. The van der Waals surface area contributed by atoms with Crippen LogP contribution in [0.4, 0.5) is 5.69 Å². The lowest BCUT2D eigenvalue weighted by atomic mass is 10.1. The van der Waals surface area contributed by atoms with Crippen molar-refractivity contribution in [2.24, 2.45) is 11.0 Å². The molecule has 2 aromatic rings. The lowest BCUT2D eigenvalue weighted by Gasteiger charge is -2.08. The third-order valence-corrected chi connectivity index (χ3v) is 3.72. The Labute approximate surface area is 149 Å². The molecule has 2 amide bonds. The van der Waals surface area contributed by atoms with Gasteiger partial charge in [-0.25, -0.2) is 5.43 Å². The molecule has 6 heteroatoms. The molecule has 0 atom stereocenters. The second-order valence-electron chi connectivity index (χ2n) is 5.47. The minimum atomic E-state index is -0.315. The first kappa shape index (κ1) is 17.9. The van der Waals surface area contributed by atoms with E-state index in [4.69, 9.17) is 0 Å². The van der Waals surface area contributed by atoms with E-state index in [1.165, 1.54) is 0 Å². The van der Waals surface area contributed by atoms with Crippen LogP contribution in [-0.2, 0) is 4.79 Å². The molecule has 2 aromatic carbocycles. The lowest BCUT2D eigenvalue weighted by molar-refractivity contribution is -0.118. The summed E-state index contributed by atoms with van der Waals surface area (Å²) in [4.78, 5) is 23.6. The lowest BCUT2D eigenvalue weighted by Crippen LogP contribution is -2.19. The molecule has 0 heterocycles. The Morgan fingerprint density at radius 1 is 1.04 bits per heavy atom. The van der Waals surface area contributed by atoms with Crippen LogP contribution in [0.1, 0.15) is 29.8 Å². The number of hydrazone groups is 1. The summed E-state index contributed by atoms with van der Waals surface area (Å²) in [6, 6.07) is 14.2. The predicted octanol–water partition coefficient (Wildman–Crippen LogP) is 3.81. The third kappa shape index (κ3) is 5.31. The topological polar surface area (TPSA) is 70.6 Å². The molecule has 2 N–H and O–H groups in total. The first-order valence-corrected chi connectivity index (χ1v) is 8.25. The molecule has 0 saturated carbocycles. The van der Waals surface area contributed by atoms with E-state index in [9.17, 15) is 9.59 Å². The Morgan fingerprint density at radius 2 is 1.67 bits per heavy atom. The fourth-order valence-corrected chi connectivity index (χ4v) is 2.03. The Kier molecular flexibility index (Phi) is 6.26. The van der Waals surface area contributed by atoms with Gasteiger partial charge < -0.3 is 5.32 Å². The van der Waals surface area contributed by atoms with Gasteiger partial charge in [-0.1, -0.05) is 41.9 Å². The van der Waals surface area contributed by atoms with Gasteiger partial charge in [0.1, 0.15) is 0 Å². The first-order valence-electron chi connectivity index (χ1n) is 7.45. The molecule has 0 aliphatic heterocycles. The zero-order valence-corrected chi connectivity index (χ0v) is 15.0. The number of carbonyl (C=O) groups is 2. The number of rotatable bonds is 5. The number of benzene rings is 2. The van der Waals surface area contributed by atoms with Crippen molar-refractivity contribution < 1.29 is 9.59 Å². The Bertz CT molecular complexity index is 738. The van der Waals surface area contributed by atoms with Crippen LogP contribution in [0, 0.1) is 5.92 Å². The molecular weight excluding hydrogens is 370 g/mol. The van der Waals surface area contributed by atoms with Gasteiger partial charge in [0, 0.05) is 21.6 Å². The molecule has 0 unspecified atom stereocenters. The number of halogens is 1. The highest BCUT2D eigenvalue weighted by Gasteiger charge is 2.08. The van der Waals surface area contributed by atoms with Crippen molar-refractivity contribution in [1.82, 2.24) is 5.43 Å². The van der Waals surface area contributed by atoms with E-state index < -0.39 is 0 Å². The molecule has 2 rings (SSSR count). The number of carbonyl (C=O) groups excluding carboxylic acids is 2. The monoisotopic (exact) mass is 387 g/mol. The number of hydrogen-bond acceptors (Lipinski definition) is 3. The average molecular weight is 388 g/mol. The van der Waals surface area contributed by atoms with Crippen LogP contribution in [-0.4, -0.2) is 18.0 Å². The van der Waals surface area contributed by atoms with Crippen molar-refractivity contribution in [1.29, 1.82) is 0 Å². The number of nitrogens with zero attached hydrogens (tertiary/aromatic N) is 1. The normalized spacial score (nSPS) is 10.8. The maximum Gasteiger partial charge on any atom is 0.271 e. The fraction of sp³-hybridized carbons (Fsp3) is 0.167. The quantitative estimate of drug-likeness (QED) is 0.604. The maximum absolute atomic E-state index is 12.0. The van der Waals surface area contributed by atoms with Gasteiger partial charge in [0.15, 0.2) is 0 Å². The number of amides is 2. The van der Waals surface area contributed by atoms with Crippen LogP contribution in [0.2, 0.25) is 0 Å². The Hall–Kier alpha value is -2.47. The van der Waals surface area contributed by atoms with Crippen molar-refractivity contribution in [2.45, 2.75) is 13.8 Å². The van der Waals surface area contributed by atoms with Crippen LogP contribution in [0.5, 0.6) is 0 Å². The predicted molar refractivity (Wildman–Crippen MR) is 99.1 cm³/mol. The zero-order valence-electron chi connectivity index (χ0n) is 13.4. The molecule has 0 fully saturated rings. The van der Waals surface area contributed by atoms with Crippen LogP contribution in [0.15, 0.2) is 58.1 Å². The molecular formula is C18H18BrN3O2. The van der Waals surface area contributed by atoms with Gasteiger partial charge in [-0.3, -0.25) is 9.59 Å². The molecule has 124 valence electrons. The molecule has 0 aliphatic carbocycles. The van der Waals surface area contributed by atoms with E-state index in [-0.39, 0.29) is 17.7 Å². The second-order valence-corrected chi connectivity index (χ2v) is 6.39. The molecule has 0 bridgehead atoms. The van der Waals surface area contributed by atoms with Gasteiger partial charge in [0.25, 0.3) is 5.91 Å². The summed E-state index contributed by atoms with van der Waals surface area (Å²) in [6.45, 7) is 3.64. The van der Waals surface area contributed by atoms with E-state index in [1.807, 2.05) is 38.1 Å². The highest BCUT2D eigenvalue weighted by atomic mass is 79.9. The fourth-order valence-electron chi connectivity index (χ4n) is 1.77. The smallest absolute Gasteiger partial charge is 0.271 e. The molecule has 0 aliphatic rings. The van der Waals surface area contributed by atoms with Gasteiger partial charge in [0.05, 0.1) is 6.21 Å². The largest absolute Gasteiger partial charge is 0.326 e. The Balaban J connectivity index is 1.92. The minimum Gasteiger partial charge on any atom is -0.326 e. The van der Waals surface area contributed by atoms with Gasteiger partial charge in [-0.15, -0.1) is 0 Å². The Morgan fingerprint density at radius 3 is 2.25 bits per heavy atom. The summed E-state index contributed by atoms with van der Waals surface area (Å²) in [5.74, 6) is -0.475. The molecule has 0 aromatic heterocycles. The van der Waals surface area contributed by atoms with Crippen LogP contribution in [0.3, 0.4) is 0 Å². The van der Waals surface area contributed by atoms with Gasteiger partial charge in [0.2, 0.25) is 5.91 Å². The van der Waals surface area contributed by atoms with Crippen molar-refractivity contribution >= 4 is 39.6 Å². The summed E-state index contributed by atoms with van der Waals surface area (Å²) in [7, 11) is 0. The van der Waals surface area contributed by atoms with Gasteiger partial charge in [-0.2, -0.15) is 5.10 Å². The van der Waals surface area contributed by atoms with Crippen LogP contribution < -0.4 is 10.7 Å². The number of anilines is 1.